The minimum Gasteiger partial charge on any atom is -0.482 e. The van der Waals surface area contributed by atoms with E-state index in [1.54, 1.807) is 12.1 Å². The quantitative estimate of drug-likeness (QED) is 0.848. The van der Waals surface area contributed by atoms with Crippen LogP contribution in [-0.4, -0.2) is 30.5 Å². The van der Waals surface area contributed by atoms with E-state index in [0.29, 0.717) is 10.8 Å². The number of hydrogen-bond donors (Lipinski definition) is 0. The summed E-state index contributed by atoms with van der Waals surface area (Å²) in [6.45, 7) is 1.74. The first-order valence-electron chi connectivity index (χ1n) is 6.02. The summed E-state index contributed by atoms with van der Waals surface area (Å²) in [5, 5.41) is 0.518. The summed E-state index contributed by atoms with van der Waals surface area (Å²) in [5.41, 5.74) is 0. The lowest BCUT2D eigenvalue weighted by Gasteiger charge is -2.26. The maximum absolute atomic E-state index is 11.9. The van der Waals surface area contributed by atoms with Crippen molar-refractivity contribution in [2.75, 3.05) is 19.7 Å². The van der Waals surface area contributed by atoms with Crippen LogP contribution >= 0.6 is 27.5 Å². The fourth-order valence-electron chi connectivity index (χ4n) is 1.96. The van der Waals surface area contributed by atoms with Gasteiger partial charge in [0.05, 0.1) is 5.02 Å². The number of ether oxygens (including phenoxy) is 1. The fraction of sp³-hybridized carbons (Fsp3) is 0.462. The van der Waals surface area contributed by atoms with Gasteiger partial charge in [0, 0.05) is 17.6 Å². The van der Waals surface area contributed by atoms with E-state index in [0.717, 1.165) is 30.4 Å². The predicted molar refractivity (Wildman–Crippen MR) is 75.1 cm³/mol. The van der Waals surface area contributed by atoms with Crippen LogP contribution in [0, 0.1) is 0 Å². The minimum atomic E-state index is 0.0331. The summed E-state index contributed by atoms with van der Waals surface area (Å²) < 4.78 is 6.36. The van der Waals surface area contributed by atoms with E-state index in [-0.39, 0.29) is 12.5 Å². The number of piperidine rings is 1. The lowest BCUT2D eigenvalue weighted by Crippen LogP contribution is -2.38. The average Bonchev–Trinajstić information content (AvgIpc) is 2.40. The molecule has 0 N–H and O–H groups in total. The number of amides is 1. The fourth-order valence-corrected chi connectivity index (χ4v) is 2.47. The highest BCUT2D eigenvalue weighted by Gasteiger charge is 2.17. The molecule has 0 aliphatic carbocycles. The molecular formula is C13H15BrClNO2. The molecule has 3 nitrogen and oxygen atoms in total. The third kappa shape index (κ3) is 3.62. The first kappa shape index (κ1) is 13.7. The van der Waals surface area contributed by atoms with Crippen LogP contribution in [0.5, 0.6) is 5.75 Å². The molecule has 0 atom stereocenters. The zero-order chi connectivity index (χ0) is 13.0. The lowest BCUT2D eigenvalue weighted by molar-refractivity contribution is -0.134. The number of rotatable bonds is 3. The van der Waals surface area contributed by atoms with E-state index in [9.17, 15) is 4.79 Å². The summed E-state index contributed by atoms with van der Waals surface area (Å²) in [4.78, 5) is 13.8. The monoisotopic (exact) mass is 331 g/mol. The molecule has 2 rings (SSSR count). The van der Waals surface area contributed by atoms with Gasteiger partial charge in [0.1, 0.15) is 5.75 Å². The van der Waals surface area contributed by atoms with E-state index in [1.807, 2.05) is 11.0 Å². The van der Waals surface area contributed by atoms with E-state index in [1.165, 1.54) is 6.42 Å². The molecule has 1 fully saturated rings. The number of hydrogen-bond acceptors (Lipinski definition) is 2. The van der Waals surface area contributed by atoms with E-state index < -0.39 is 0 Å². The van der Waals surface area contributed by atoms with E-state index >= 15 is 0 Å². The van der Waals surface area contributed by atoms with Crippen molar-refractivity contribution in [3.05, 3.63) is 27.7 Å². The molecule has 18 heavy (non-hydrogen) atoms. The van der Waals surface area contributed by atoms with Gasteiger partial charge in [0.2, 0.25) is 0 Å². The van der Waals surface area contributed by atoms with Crippen LogP contribution in [0.3, 0.4) is 0 Å². The Balaban J connectivity index is 1.90. The zero-order valence-corrected chi connectivity index (χ0v) is 12.3. The number of halogens is 2. The molecule has 98 valence electrons. The molecule has 0 aromatic heterocycles. The van der Waals surface area contributed by atoms with E-state index in [4.69, 9.17) is 16.3 Å². The summed E-state index contributed by atoms with van der Waals surface area (Å²) in [6.07, 6.45) is 3.38. The van der Waals surface area contributed by atoms with Crippen molar-refractivity contribution in [3.63, 3.8) is 0 Å². The standard InChI is InChI=1S/C13H15BrClNO2/c14-10-4-5-11(15)12(8-10)18-9-13(17)16-6-2-1-3-7-16/h4-5,8H,1-3,6-7,9H2. The summed E-state index contributed by atoms with van der Waals surface area (Å²) in [5.74, 6) is 0.571. The van der Waals surface area contributed by atoms with Crippen molar-refractivity contribution in [3.8, 4) is 5.75 Å². The van der Waals surface area contributed by atoms with Gasteiger partial charge in [-0.2, -0.15) is 0 Å². The molecule has 0 bridgehead atoms. The Morgan fingerprint density at radius 3 is 2.78 bits per heavy atom. The van der Waals surface area contributed by atoms with Crippen LogP contribution in [0.15, 0.2) is 22.7 Å². The number of carbonyl (C=O) groups excluding carboxylic acids is 1. The highest BCUT2D eigenvalue weighted by Crippen LogP contribution is 2.27. The average molecular weight is 333 g/mol. The molecule has 1 aliphatic heterocycles. The third-order valence-electron chi connectivity index (χ3n) is 2.95. The number of nitrogens with zero attached hydrogens (tertiary/aromatic N) is 1. The number of benzene rings is 1. The first-order chi connectivity index (χ1) is 8.66. The molecule has 0 unspecified atom stereocenters. The Kier molecular flexibility index (Phi) is 4.89. The smallest absolute Gasteiger partial charge is 0.260 e. The van der Waals surface area contributed by atoms with Crippen molar-refractivity contribution in [2.24, 2.45) is 0 Å². The van der Waals surface area contributed by atoms with Gasteiger partial charge in [-0.15, -0.1) is 0 Å². The van der Waals surface area contributed by atoms with Gasteiger partial charge in [-0.1, -0.05) is 27.5 Å². The van der Waals surface area contributed by atoms with Crippen molar-refractivity contribution in [1.29, 1.82) is 0 Å². The summed E-state index contributed by atoms with van der Waals surface area (Å²) in [6, 6.07) is 5.35. The van der Waals surface area contributed by atoms with Crippen LogP contribution in [0.25, 0.3) is 0 Å². The van der Waals surface area contributed by atoms with Crippen LogP contribution in [0.4, 0.5) is 0 Å². The lowest BCUT2D eigenvalue weighted by atomic mass is 10.1. The molecule has 0 saturated carbocycles. The molecule has 1 saturated heterocycles. The summed E-state index contributed by atoms with van der Waals surface area (Å²) >= 11 is 9.34. The van der Waals surface area contributed by atoms with Crippen LogP contribution in [0.2, 0.25) is 5.02 Å². The van der Waals surface area contributed by atoms with Gasteiger partial charge in [-0.3, -0.25) is 4.79 Å². The topological polar surface area (TPSA) is 29.5 Å². The van der Waals surface area contributed by atoms with Crippen LogP contribution in [0.1, 0.15) is 19.3 Å². The Morgan fingerprint density at radius 2 is 2.06 bits per heavy atom. The molecule has 0 spiro atoms. The summed E-state index contributed by atoms with van der Waals surface area (Å²) in [7, 11) is 0. The van der Waals surface area contributed by atoms with Crippen LogP contribution < -0.4 is 4.74 Å². The van der Waals surface area contributed by atoms with Gasteiger partial charge in [0.15, 0.2) is 6.61 Å². The maximum Gasteiger partial charge on any atom is 0.260 e. The second-order valence-corrected chi connectivity index (χ2v) is 5.63. The second kappa shape index (κ2) is 6.43. The number of likely N-dealkylation sites (tertiary alicyclic amines) is 1. The van der Waals surface area contributed by atoms with Crippen molar-refractivity contribution in [1.82, 2.24) is 4.90 Å². The van der Waals surface area contributed by atoms with Crippen LogP contribution in [-0.2, 0) is 4.79 Å². The molecule has 0 radical (unpaired) electrons. The van der Waals surface area contributed by atoms with Gasteiger partial charge in [-0.05, 0) is 37.5 Å². The molecule has 1 aliphatic rings. The Morgan fingerprint density at radius 1 is 1.33 bits per heavy atom. The van der Waals surface area contributed by atoms with Gasteiger partial charge in [-0.25, -0.2) is 0 Å². The van der Waals surface area contributed by atoms with Gasteiger partial charge in [0.25, 0.3) is 5.91 Å². The largest absolute Gasteiger partial charge is 0.482 e. The molecule has 1 aromatic rings. The first-order valence-corrected chi connectivity index (χ1v) is 7.19. The van der Waals surface area contributed by atoms with Gasteiger partial charge < -0.3 is 9.64 Å². The van der Waals surface area contributed by atoms with Crippen molar-refractivity contribution in [2.45, 2.75) is 19.3 Å². The van der Waals surface area contributed by atoms with E-state index in [2.05, 4.69) is 15.9 Å². The number of carbonyl (C=O) groups is 1. The van der Waals surface area contributed by atoms with Gasteiger partial charge >= 0.3 is 0 Å². The maximum atomic E-state index is 11.9. The third-order valence-corrected chi connectivity index (χ3v) is 3.76. The van der Waals surface area contributed by atoms with Crippen molar-refractivity contribution >= 4 is 33.4 Å². The Labute approximate surface area is 120 Å². The second-order valence-electron chi connectivity index (χ2n) is 4.30. The van der Waals surface area contributed by atoms with Crippen molar-refractivity contribution < 1.29 is 9.53 Å². The normalized spacial score (nSPS) is 15.6. The molecular weight excluding hydrogens is 318 g/mol. The Hall–Kier alpha value is -0.740. The highest BCUT2D eigenvalue weighted by molar-refractivity contribution is 9.10. The molecule has 1 heterocycles. The Bertz CT molecular complexity index is 433. The SMILES string of the molecule is O=C(COc1cc(Br)ccc1Cl)N1CCCCC1. The zero-order valence-electron chi connectivity index (χ0n) is 9.99. The molecule has 1 aromatic carbocycles. The highest BCUT2D eigenvalue weighted by atomic mass is 79.9. The molecule has 5 heteroatoms. The minimum absolute atomic E-state index is 0.0331. The predicted octanol–water partition coefficient (Wildman–Crippen LogP) is 3.49. The molecule has 1 amide bonds.